The van der Waals surface area contributed by atoms with E-state index in [4.69, 9.17) is 4.74 Å². The molecule has 0 fully saturated rings. The van der Waals surface area contributed by atoms with Gasteiger partial charge in [0.1, 0.15) is 12.2 Å². The molecule has 0 aromatic carbocycles. The summed E-state index contributed by atoms with van der Waals surface area (Å²) in [5.41, 5.74) is -0.142. The Morgan fingerprint density at radius 2 is 1.95 bits per heavy atom. The van der Waals surface area contributed by atoms with E-state index in [0.29, 0.717) is 6.04 Å². The van der Waals surface area contributed by atoms with Gasteiger partial charge in [-0.3, -0.25) is 0 Å². The number of nitrogens with zero attached hydrogens (tertiary/aromatic N) is 3. The molecule has 0 amide bonds. The van der Waals surface area contributed by atoms with Crippen LogP contribution in [0.25, 0.3) is 0 Å². The van der Waals surface area contributed by atoms with Gasteiger partial charge in [0.15, 0.2) is 0 Å². The lowest BCUT2D eigenvalue weighted by atomic mass is 9.86. The molecule has 0 saturated carbocycles. The van der Waals surface area contributed by atoms with Crippen LogP contribution in [0.1, 0.15) is 59.3 Å². The van der Waals surface area contributed by atoms with Crippen molar-refractivity contribution >= 4 is 0 Å². The minimum Gasteiger partial charge on any atom is -0.374 e. The van der Waals surface area contributed by atoms with Crippen molar-refractivity contribution in [3.8, 4) is 0 Å². The lowest BCUT2D eigenvalue weighted by molar-refractivity contribution is -0.0709. The van der Waals surface area contributed by atoms with Crippen molar-refractivity contribution < 1.29 is 4.74 Å². The highest BCUT2D eigenvalue weighted by Gasteiger charge is 2.36. The van der Waals surface area contributed by atoms with Gasteiger partial charge in [0.05, 0.1) is 5.60 Å². The SMILES string of the molecule is CCOC(CC)(CC)C(Cc1ncnn1C(C)C)NC. The lowest BCUT2D eigenvalue weighted by Gasteiger charge is -2.39. The Balaban J connectivity index is 2.97. The highest BCUT2D eigenvalue weighted by atomic mass is 16.5. The van der Waals surface area contributed by atoms with Crippen LogP contribution in [0.5, 0.6) is 0 Å². The summed E-state index contributed by atoms with van der Waals surface area (Å²) in [6, 6.07) is 0.564. The second-order valence-corrected chi connectivity index (χ2v) is 5.46. The zero-order valence-corrected chi connectivity index (χ0v) is 13.8. The average Bonchev–Trinajstić information content (AvgIpc) is 2.91. The first-order chi connectivity index (χ1) is 9.54. The Kier molecular flexibility index (Phi) is 6.62. The molecule has 0 aliphatic carbocycles. The van der Waals surface area contributed by atoms with Gasteiger partial charge < -0.3 is 10.1 Å². The predicted octanol–water partition coefficient (Wildman–Crippen LogP) is 2.58. The molecular weight excluding hydrogens is 252 g/mol. The van der Waals surface area contributed by atoms with E-state index in [9.17, 15) is 0 Å². The van der Waals surface area contributed by atoms with Crippen LogP contribution in [0.15, 0.2) is 6.33 Å². The van der Waals surface area contributed by atoms with Crippen molar-refractivity contribution in [2.24, 2.45) is 0 Å². The number of hydrogen-bond acceptors (Lipinski definition) is 4. The van der Waals surface area contributed by atoms with E-state index < -0.39 is 0 Å². The van der Waals surface area contributed by atoms with E-state index in [1.807, 2.05) is 11.7 Å². The van der Waals surface area contributed by atoms with Crippen LogP contribution >= 0.6 is 0 Å². The molecule has 0 spiro atoms. The molecule has 20 heavy (non-hydrogen) atoms. The van der Waals surface area contributed by atoms with Gasteiger partial charge in [-0.2, -0.15) is 5.10 Å². The number of rotatable bonds is 9. The van der Waals surface area contributed by atoms with Gasteiger partial charge in [0, 0.05) is 25.1 Å². The predicted molar refractivity (Wildman–Crippen MR) is 81.9 cm³/mol. The summed E-state index contributed by atoms with van der Waals surface area (Å²) in [6.45, 7) is 11.4. The number of nitrogens with one attached hydrogen (secondary N) is 1. The third-order valence-electron chi connectivity index (χ3n) is 4.14. The Labute approximate surface area is 123 Å². The third kappa shape index (κ3) is 3.58. The van der Waals surface area contributed by atoms with E-state index in [2.05, 4.69) is 50.0 Å². The number of hydrogen-bond donors (Lipinski definition) is 1. The fourth-order valence-corrected chi connectivity index (χ4v) is 2.92. The molecule has 0 aliphatic heterocycles. The van der Waals surface area contributed by atoms with Crippen molar-refractivity contribution in [1.82, 2.24) is 20.1 Å². The van der Waals surface area contributed by atoms with Crippen LogP contribution in [-0.2, 0) is 11.2 Å². The Bertz CT molecular complexity index is 385. The summed E-state index contributed by atoms with van der Waals surface area (Å²) < 4.78 is 8.10. The zero-order chi connectivity index (χ0) is 15.2. The van der Waals surface area contributed by atoms with E-state index in [1.54, 1.807) is 6.33 Å². The van der Waals surface area contributed by atoms with Crippen molar-refractivity contribution in [2.75, 3.05) is 13.7 Å². The van der Waals surface area contributed by atoms with E-state index in [1.165, 1.54) is 0 Å². The minimum atomic E-state index is -0.142. The molecule has 0 saturated heterocycles. The van der Waals surface area contributed by atoms with Crippen molar-refractivity contribution in [3.63, 3.8) is 0 Å². The molecular formula is C15H30N4O. The van der Waals surface area contributed by atoms with Crippen LogP contribution in [0.4, 0.5) is 0 Å². The number of ether oxygens (including phenoxy) is 1. The summed E-state index contributed by atoms with van der Waals surface area (Å²) in [5.74, 6) is 1.02. The smallest absolute Gasteiger partial charge is 0.138 e. The van der Waals surface area contributed by atoms with Crippen molar-refractivity contribution in [2.45, 2.75) is 71.6 Å². The maximum Gasteiger partial charge on any atom is 0.138 e. The normalized spacial score (nSPS) is 13.9. The maximum atomic E-state index is 6.11. The molecule has 5 heteroatoms. The first-order valence-corrected chi connectivity index (χ1v) is 7.74. The highest BCUT2D eigenvalue weighted by molar-refractivity contribution is 4.99. The van der Waals surface area contributed by atoms with Crippen LogP contribution in [0.3, 0.4) is 0 Å². The molecule has 1 aromatic rings. The average molecular weight is 282 g/mol. The largest absolute Gasteiger partial charge is 0.374 e. The van der Waals surface area contributed by atoms with Crippen LogP contribution < -0.4 is 5.32 Å². The summed E-state index contributed by atoms with van der Waals surface area (Å²) in [7, 11) is 2.00. The van der Waals surface area contributed by atoms with Gasteiger partial charge in [-0.15, -0.1) is 0 Å². The first-order valence-electron chi connectivity index (χ1n) is 7.74. The first kappa shape index (κ1) is 17.1. The maximum absolute atomic E-state index is 6.11. The molecule has 1 atom stereocenters. The Morgan fingerprint density at radius 3 is 2.40 bits per heavy atom. The molecule has 116 valence electrons. The molecule has 5 nitrogen and oxygen atoms in total. The van der Waals surface area contributed by atoms with E-state index in [0.717, 1.165) is 31.7 Å². The summed E-state index contributed by atoms with van der Waals surface area (Å²) >= 11 is 0. The highest BCUT2D eigenvalue weighted by Crippen LogP contribution is 2.27. The lowest BCUT2D eigenvalue weighted by Crippen LogP contribution is -2.52. The monoisotopic (exact) mass is 282 g/mol. The van der Waals surface area contributed by atoms with Gasteiger partial charge in [-0.25, -0.2) is 9.67 Å². The quantitative estimate of drug-likeness (QED) is 0.756. The third-order valence-corrected chi connectivity index (χ3v) is 4.14. The van der Waals surface area contributed by atoms with Crippen molar-refractivity contribution in [3.05, 3.63) is 12.2 Å². The summed E-state index contributed by atoms with van der Waals surface area (Å²) in [6.07, 6.45) is 4.44. The van der Waals surface area contributed by atoms with Gasteiger partial charge in [-0.1, -0.05) is 13.8 Å². The molecule has 1 rings (SSSR count). The van der Waals surface area contributed by atoms with Crippen LogP contribution in [0.2, 0.25) is 0 Å². The zero-order valence-electron chi connectivity index (χ0n) is 13.8. The standard InChI is InChI=1S/C15H30N4O/c1-7-15(8-2,20-9-3)13(16-6)10-14-17-11-18-19(14)12(4)5/h11-13,16H,7-10H2,1-6H3. The molecule has 0 bridgehead atoms. The fourth-order valence-electron chi connectivity index (χ4n) is 2.92. The van der Waals surface area contributed by atoms with E-state index >= 15 is 0 Å². The van der Waals surface area contributed by atoms with Gasteiger partial charge in [0.25, 0.3) is 0 Å². The summed E-state index contributed by atoms with van der Waals surface area (Å²) in [5, 5.41) is 7.75. The van der Waals surface area contributed by atoms with Gasteiger partial charge >= 0.3 is 0 Å². The van der Waals surface area contributed by atoms with Crippen LogP contribution in [0, 0.1) is 0 Å². The molecule has 1 unspecified atom stereocenters. The number of aromatic nitrogens is 3. The number of likely N-dealkylation sites (N-methyl/N-ethyl adjacent to an activating group) is 1. The second kappa shape index (κ2) is 7.74. The summed E-state index contributed by atoms with van der Waals surface area (Å²) in [4.78, 5) is 4.42. The Hall–Kier alpha value is -0.940. The van der Waals surface area contributed by atoms with Gasteiger partial charge in [-0.05, 0) is 40.7 Å². The molecule has 0 radical (unpaired) electrons. The second-order valence-electron chi connectivity index (χ2n) is 5.46. The van der Waals surface area contributed by atoms with Crippen molar-refractivity contribution in [1.29, 1.82) is 0 Å². The fraction of sp³-hybridized carbons (Fsp3) is 0.867. The van der Waals surface area contributed by atoms with Crippen LogP contribution in [-0.4, -0.2) is 40.1 Å². The Morgan fingerprint density at radius 1 is 1.30 bits per heavy atom. The molecule has 1 N–H and O–H groups in total. The molecule has 0 aliphatic rings. The molecule has 1 heterocycles. The topological polar surface area (TPSA) is 52.0 Å². The molecule has 1 aromatic heterocycles. The van der Waals surface area contributed by atoms with Gasteiger partial charge in [0.2, 0.25) is 0 Å². The minimum absolute atomic E-state index is 0.142. The van der Waals surface area contributed by atoms with E-state index in [-0.39, 0.29) is 11.6 Å².